The van der Waals surface area contributed by atoms with Gasteiger partial charge in [0.15, 0.2) is 17.2 Å². The molecule has 44 heavy (non-hydrogen) atoms. The molecule has 0 bridgehead atoms. The molecule has 5 heteroatoms. The molecule has 3 aromatic rings. The van der Waals surface area contributed by atoms with Gasteiger partial charge in [-0.3, -0.25) is 9.59 Å². The largest absolute Gasteiger partial charge is 0.384 e. The van der Waals surface area contributed by atoms with Crippen molar-refractivity contribution in [3.63, 3.8) is 0 Å². The zero-order valence-electron chi connectivity index (χ0n) is 25.8. The summed E-state index contributed by atoms with van der Waals surface area (Å²) in [5.74, 6) is -2.13. The fourth-order valence-corrected chi connectivity index (χ4v) is 7.79. The summed E-state index contributed by atoms with van der Waals surface area (Å²) >= 11 is 0. The second kappa shape index (κ2) is 11.2. The fraction of sp³-hybridized carbons (Fsp3) is 0.333. The van der Waals surface area contributed by atoms with Crippen molar-refractivity contribution >= 4 is 11.6 Å². The van der Waals surface area contributed by atoms with E-state index in [4.69, 9.17) is 4.74 Å². The van der Waals surface area contributed by atoms with Crippen LogP contribution in [0, 0.1) is 17.8 Å². The lowest BCUT2D eigenvalue weighted by Crippen LogP contribution is -2.56. The number of aliphatic hydroxyl groups is 2. The van der Waals surface area contributed by atoms with E-state index < -0.39 is 34.6 Å². The van der Waals surface area contributed by atoms with Crippen LogP contribution in [0.15, 0.2) is 125 Å². The molecule has 1 fully saturated rings. The molecule has 3 aliphatic carbocycles. The minimum atomic E-state index is -1.89. The van der Waals surface area contributed by atoms with Gasteiger partial charge in [0.1, 0.15) is 11.2 Å². The first-order chi connectivity index (χ1) is 21.0. The molecular formula is C39H40O5. The van der Waals surface area contributed by atoms with Gasteiger partial charge in [-0.15, -0.1) is 0 Å². The maximum absolute atomic E-state index is 13.7. The molecule has 5 nitrogen and oxygen atoms in total. The van der Waals surface area contributed by atoms with Crippen LogP contribution in [0.2, 0.25) is 0 Å². The van der Waals surface area contributed by atoms with Gasteiger partial charge in [0.2, 0.25) is 0 Å². The molecule has 0 amide bonds. The summed E-state index contributed by atoms with van der Waals surface area (Å²) in [7, 11) is 0. The highest BCUT2D eigenvalue weighted by atomic mass is 16.5. The van der Waals surface area contributed by atoms with Gasteiger partial charge in [0, 0.05) is 30.3 Å². The Morgan fingerprint density at radius 1 is 0.818 bits per heavy atom. The summed E-state index contributed by atoms with van der Waals surface area (Å²) in [6.07, 6.45) is 3.75. The molecule has 1 saturated carbocycles. The van der Waals surface area contributed by atoms with E-state index in [1.54, 1.807) is 13.0 Å². The zero-order chi connectivity index (χ0) is 31.3. The first-order valence-electron chi connectivity index (χ1n) is 15.5. The first kappa shape index (κ1) is 30.1. The number of rotatable bonds is 6. The molecule has 0 saturated heterocycles. The lowest BCUT2D eigenvalue weighted by atomic mass is 9.60. The number of Topliss-reactive ketones (excluding diaryl/α,β-unsaturated/α-hetero) is 2. The molecule has 0 heterocycles. The van der Waals surface area contributed by atoms with Crippen LogP contribution in [-0.2, 0) is 19.9 Å². The van der Waals surface area contributed by atoms with E-state index in [0.29, 0.717) is 16.7 Å². The number of hydrogen-bond donors (Lipinski definition) is 2. The molecule has 226 valence electrons. The van der Waals surface area contributed by atoms with Gasteiger partial charge >= 0.3 is 0 Å². The SMILES string of the molecule is CC(C)=C1C(=O)C[C@@H](C)[C@]2(O)C3=CC(C)C(=O)[C@@]3(O)CC(COC(c3ccccc3)(c3ccccc3)c3ccccc3)=C[C@@H]12. The standard InChI is InChI=1S/C39H40O5/c1-25(2)35-32-22-28(23-37(42)34(20-26(3)36(37)41)38(32,43)27(4)21-33(35)40)24-44-39(29-14-8-5-9-15-29,30-16-10-6-11-17-30)31-18-12-7-13-19-31/h5-20,22,26-27,32,42-43H,21,23-24H2,1-4H3/t26?,27-,32+,37-,38-/m1/s1. The van der Waals surface area contributed by atoms with Crippen molar-refractivity contribution < 1.29 is 24.5 Å². The molecule has 0 radical (unpaired) electrons. The average molecular weight is 589 g/mol. The molecule has 6 rings (SSSR count). The maximum atomic E-state index is 13.7. The predicted octanol–water partition coefficient (Wildman–Crippen LogP) is 6.49. The Labute approximate surface area is 259 Å². The van der Waals surface area contributed by atoms with Crippen LogP contribution in [0.4, 0.5) is 0 Å². The highest BCUT2D eigenvalue weighted by molar-refractivity contribution is 6.01. The molecule has 5 atom stereocenters. The topological polar surface area (TPSA) is 83.8 Å². The Morgan fingerprint density at radius 3 is 1.80 bits per heavy atom. The average Bonchev–Trinajstić information content (AvgIpc) is 3.19. The lowest BCUT2D eigenvalue weighted by molar-refractivity contribution is -0.138. The fourth-order valence-electron chi connectivity index (χ4n) is 7.79. The third-order valence-corrected chi connectivity index (χ3v) is 9.88. The molecule has 2 N–H and O–H groups in total. The second-order valence-electron chi connectivity index (χ2n) is 12.9. The van der Waals surface area contributed by atoms with Crippen LogP contribution in [0.25, 0.3) is 0 Å². The minimum absolute atomic E-state index is 0.0145. The Hall–Kier alpha value is -3.90. The third-order valence-electron chi connectivity index (χ3n) is 9.88. The van der Waals surface area contributed by atoms with Gasteiger partial charge in [0.25, 0.3) is 0 Å². The number of fused-ring (bicyclic) bond motifs is 3. The monoisotopic (exact) mass is 588 g/mol. The van der Waals surface area contributed by atoms with Crippen molar-refractivity contribution in [2.75, 3.05) is 6.61 Å². The van der Waals surface area contributed by atoms with Crippen molar-refractivity contribution in [3.05, 3.63) is 142 Å². The Morgan fingerprint density at radius 2 is 1.32 bits per heavy atom. The summed E-state index contributed by atoms with van der Waals surface area (Å²) in [5.41, 5.74) is 0.626. The van der Waals surface area contributed by atoms with Gasteiger partial charge in [-0.1, -0.05) is 123 Å². The van der Waals surface area contributed by atoms with E-state index in [0.717, 1.165) is 22.3 Å². The van der Waals surface area contributed by atoms with Gasteiger partial charge in [0.05, 0.1) is 6.61 Å². The highest BCUT2D eigenvalue weighted by Gasteiger charge is 2.62. The van der Waals surface area contributed by atoms with Gasteiger partial charge in [-0.2, -0.15) is 0 Å². The molecule has 3 aliphatic rings. The molecular weight excluding hydrogens is 548 g/mol. The predicted molar refractivity (Wildman–Crippen MR) is 171 cm³/mol. The van der Waals surface area contributed by atoms with Crippen LogP contribution < -0.4 is 0 Å². The van der Waals surface area contributed by atoms with E-state index in [-0.39, 0.29) is 31.0 Å². The summed E-state index contributed by atoms with van der Waals surface area (Å²) in [5, 5.41) is 24.8. The molecule has 0 aliphatic heterocycles. The molecule has 3 aromatic carbocycles. The van der Waals surface area contributed by atoms with Crippen molar-refractivity contribution in [2.45, 2.75) is 57.3 Å². The Balaban J connectivity index is 1.54. The lowest BCUT2D eigenvalue weighted by Gasteiger charge is -2.47. The van der Waals surface area contributed by atoms with E-state index >= 15 is 0 Å². The number of hydrogen-bond acceptors (Lipinski definition) is 5. The van der Waals surface area contributed by atoms with Gasteiger partial charge < -0.3 is 14.9 Å². The third kappa shape index (κ3) is 4.57. The summed E-state index contributed by atoms with van der Waals surface area (Å²) in [6.45, 7) is 7.41. The molecule has 1 unspecified atom stereocenters. The quantitative estimate of drug-likeness (QED) is 0.195. The van der Waals surface area contributed by atoms with Gasteiger partial charge in [-0.05, 0) is 47.6 Å². The van der Waals surface area contributed by atoms with E-state index in [2.05, 4.69) is 0 Å². The summed E-state index contributed by atoms with van der Waals surface area (Å²) < 4.78 is 7.11. The van der Waals surface area contributed by atoms with Crippen LogP contribution >= 0.6 is 0 Å². The Bertz CT molecular complexity index is 1570. The normalized spacial score (nSPS) is 28.5. The summed E-state index contributed by atoms with van der Waals surface area (Å²) in [4.78, 5) is 27.1. The molecule has 0 aromatic heterocycles. The molecule has 0 spiro atoms. The van der Waals surface area contributed by atoms with Crippen molar-refractivity contribution in [1.82, 2.24) is 0 Å². The summed E-state index contributed by atoms with van der Waals surface area (Å²) in [6, 6.07) is 30.1. The second-order valence-corrected chi connectivity index (χ2v) is 12.9. The zero-order valence-corrected chi connectivity index (χ0v) is 25.8. The number of carbonyl (C=O) groups excluding carboxylic acids is 2. The van der Waals surface area contributed by atoms with Crippen LogP contribution in [-0.4, -0.2) is 39.6 Å². The number of ketones is 2. The van der Waals surface area contributed by atoms with Crippen LogP contribution in [0.1, 0.15) is 57.2 Å². The smallest absolute Gasteiger partial charge is 0.175 e. The maximum Gasteiger partial charge on any atom is 0.175 e. The highest BCUT2D eigenvalue weighted by Crippen LogP contribution is 2.55. The Kier molecular flexibility index (Phi) is 7.69. The van der Waals surface area contributed by atoms with E-state index in [1.165, 1.54) is 0 Å². The van der Waals surface area contributed by atoms with Gasteiger partial charge in [-0.25, -0.2) is 0 Å². The number of ether oxygens (including phenoxy) is 1. The van der Waals surface area contributed by atoms with Crippen molar-refractivity contribution in [3.8, 4) is 0 Å². The number of allylic oxidation sites excluding steroid dienone is 2. The van der Waals surface area contributed by atoms with Crippen molar-refractivity contribution in [2.24, 2.45) is 17.8 Å². The number of benzene rings is 3. The van der Waals surface area contributed by atoms with E-state index in [1.807, 2.05) is 118 Å². The van der Waals surface area contributed by atoms with E-state index in [9.17, 15) is 19.8 Å². The number of carbonyl (C=O) groups is 2. The van der Waals surface area contributed by atoms with Crippen molar-refractivity contribution in [1.29, 1.82) is 0 Å². The van der Waals surface area contributed by atoms with Crippen LogP contribution in [0.5, 0.6) is 0 Å². The van der Waals surface area contributed by atoms with Crippen LogP contribution in [0.3, 0.4) is 0 Å². The first-order valence-corrected chi connectivity index (χ1v) is 15.5. The minimum Gasteiger partial charge on any atom is -0.384 e.